The van der Waals surface area contributed by atoms with Crippen molar-refractivity contribution in [3.05, 3.63) is 34.9 Å². The normalized spacial score (nSPS) is 17.2. The Bertz CT molecular complexity index is 394. The molecule has 0 amide bonds. The standard InChI is InChI=1S/C16H25NO.ClH/c1-3-12(2)17-11-16(18)15-9-8-13-6-4-5-7-14(13)10-15;/h8-10,12,16-18H,3-7,11H2,1-2H3;1H/t12-,16-;/m0./s1. The molecule has 2 atom stereocenters. The van der Waals surface area contributed by atoms with Crippen LogP contribution in [0.1, 0.15) is 55.9 Å². The zero-order valence-electron chi connectivity index (χ0n) is 12.0. The maximum atomic E-state index is 10.2. The molecule has 1 aromatic carbocycles. The van der Waals surface area contributed by atoms with E-state index in [1.54, 1.807) is 0 Å². The third-order valence-corrected chi connectivity index (χ3v) is 4.03. The summed E-state index contributed by atoms with van der Waals surface area (Å²) in [6.45, 7) is 4.95. The summed E-state index contributed by atoms with van der Waals surface area (Å²) in [4.78, 5) is 0. The van der Waals surface area contributed by atoms with Gasteiger partial charge >= 0.3 is 0 Å². The predicted molar refractivity (Wildman–Crippen MR) is 83.0 cm³/mol. The van der Waals surface area contributed by atoms with Crippen LogP contribution in [0.15, 0.2) is 18.2 Å². The molecule has 0 aliphatic heterocycles. The molecule has 0 saturated heterocycles. The van der Waals surface area contributed by atoms with Crippen molar-refractivity contribution < 1.29 is 5.11 Å². The van der Waals surface area contributed by atoms with Gasteiger partial charge in [-0.1, -0.05) is 25.1 Å². The zero-order chi connectivity index (χ0) is 13.0. The van der Waals surface area contributed by atoms with Gasteiger partial charge in [0.15, 0.2) is 0 Å². The molecule has 0 saturated carbocycles. The number of rotatable bonds is 5. The van der Waals surface area contributed by atoms with E-state index in [1.165, 1.54) is 36.8 Å². The molecule has 3 heteroatoms. The fourth-order valence-corrected chi connectivity index (χ4v) is 2.54. The van der Waals surface area contributed by atoms with Crippen molar-refractivity contribution in [1.82, 2.24) is 5.32 Å². The van der Waals surface area contributed by atoms with Gasteiger partial charge in [0.05, 0.1) is 6.10 Å². The largest absolute Gasteiger partial charge is 0.387 e. The third-order valence-electron chi connectivity index (χ3n) is 4.03. The lowest BCUT2D eigenvalue weighted by atomic mass is 9.89. The Morgan fingerprint density at radius 1 is 1.21 bits per heavy atom. The highest BCUT2D eigenvalue weighted by atomic mass is 35.5. The van der Waals surface area contributed by atoms with Gasteiger partial charge in [-0.2, -0.15) is 0 Å². The highest BCUT2D eigenvalue weighted by Crippen LogP contribution is 2.24. The van der Waals surface area contributed by atoms with Crippen molar-refractivity contribution in [2.24, 2.45) is 0 Å². The lowest BCUT2D eigenvalue weighted by Gasteiger charge is -2.20. The number of fused-ring (bicyclic) bond motifs is 1. The van der Waals surface area contributed by atoms with Crippen molar-refractivity contribution in [2.45, 2.75) is 58.1 Å². The molecule has 2 N–H and O–H groups in total. The van der Waals surface area contributed by atoms with Crippen LogP contribution in [-0.2, 0) is 12.8 Å². The minimum absolute atomic E-state index is 0. The van der Waals surface area contributed by atoms with E-state index in [0.717, 1.165) is 12.0 Å². The van der Waals surface area contributed by atoms with Crippen molar-refractivity contribution in [1.29, 1.82) is 0 Å². The fraction of sp³-hybridized carbons (Fsp3) is 0.625. The molecule has 1 aliphatic rings. The van der Waals surface area contributed by atoms with Crippen molar-refractivity contribution in [3.63, 3.8) is 0 Å². The van der Waals surface area contributed by atoms with Gasteiger partial charge in [-0.3, -0.25) is 0 Å². The molecule has 1 aromatic rings. The molecule has 0 aromatic heterocycles. The maximum Gasteiger partial charge on any atom is 0.0914 e. The average Bonchev–Trinajstić information content (AvgIpc) is 2.43. The molecule has 2 nitrogen and oxygen atoms in total. The molecule has 0 radical (unpaired) electrons. The number of aliphatic hydroxyl groups excluding tert-OH is 1. The van der Waals surface area contributed by atoms with Crippen LogP contribution in [0.5, 0.6) is 0 Å². The van der Waals surface area contributed by atoms with Gasteiger partial charge in [-0.05, 0) is 55.7 Å². The SMILES string of the molecule is CC[C@H](C)NC[C@H](O)c1ccc2c(c1)CCCC2.Cl. The number of benzene rings is 1. The Balaban J connectivity index is 0.00000180. The predicted octanol–water partition coefficient (Wildman–Crippen LogP) is 3.41. The monoisotopic (exact) mass is 283 g/mol. The number of aliphatic hydroxyl groups is 1. The van der Waals surface area contributed by atoms with E-state index in [0.29, 0.717) is 12.6 Å². The minimum atomic E-state index is -0.383. The highest BCUT2D eigenvalue weighted by molar-refractivity contribution is 5.85. The van der Waals surface area contributed by atoms with E-state index in [-0.39, 0.29) is 18.5 Å². The van der Waals surface area contributed by atoms with E-state index < -0.39 is 0 Å². The van der Waals surface area contributed by atoms with Crippen LogP contribution in [0.4, 0.5) is 0 Å². The van der Waals surface area contributed by atoms with E-state index in [2.05, 4.69) is 37.4 Å². The third kappa shape index (κ3) is 4.48. The van der Waals surface area contributed by atoms with E-state index >= 15 is 0 Å². The van der Waals surface area contributed by atoms with Crippen LogP contribution in [-0.4, -0.2) is 17.7 Å². The molecule has 2 rings (SSSR count). The first kappa shape index (κ1) is 16.5. The first-order valence-electron chi connectivity index (χ1n) is 7.24. The fourth-order valence-electron chi connectivity index (χ4n) is 2.54. The maximum absolute atomic E-state index is 10.2. The molecule has 0 bridgehead atoms. The summed E-state index contributed by atoms with van der Waals surface area (Å²) in [7, 11) is 0. The molecule has 0 spiro atoms. The molecule has 108 valence electrons. The number of nitrogens with one attached hydrogen (secondary N) is 1. The van der Waals surface area contributed by atoms with Crippen LogP contribution < -0.4 is 5.32 Å². The summed E-state index contributed by atoms with van der Waals surface area (Å²) in [6, 6.07) is 6.97. The van der Waals surface area contributed by atoms with Gasteiger partial charge in [0.1, 0.15) is 0 Å². The zero-order valence-corrected chi connectivity index (χ0v) is 12.8. The van der Waals surface area contributed by atoms with E-state index in [9.17, 15) is 5.11 Å². The summed E-state index contributed by atoms with van der Waals surface area (Å²) in [5.74, 6) is 0. The second-order valence-corrected chi connectivity index (χ2v) is 5.47. The molecule has 0 unspecified atom stereocenters. The lowest BCUT2D eigenvalue weighted by molar-refractivity contribution is 0.170. The first-order chi connectivity index (χ1) is 8.70. The second-order valence-electron chi connectivity index (χ2n) is 5.47. The molecule has 1 aliphatic carbocycles. The van der Waals surface area contributed by atoms with Crippen molar-refractivity contribution >= 4 is 12.4 Å². The summed E-state index contributed by atoms with van der Waals surface area (Å²) < 4.78 is 0. The Morgan fingerprint density at radius 2 is 1.89 bits per heavy atom. The quantitative estimate of drug-likeness (QED) is 0.868. The molecule has 0 fully saturated rings. The van der Waals surface area contributed by atoms with Gasteiger partial charge in [-0.25, -0.2) is 0 Å². The smallest absolute Gasteiger partial charge is 0.0914 e. The van der Waals surface area contributed by atoms with Gasteiger partial charge in [-0.15, -0.1) is 12.4 Å². The van der Waals surface area contributed by atoms with Crippen LogP contribution in [0, 0.1) is 0 Å². The summed E-state index contributed by atoms with van der Waals surface area (Å²) in [6.07, 6.45) is 5.69. The molecular weight excluding hydrogens is 258 g/mol. The number of hydrogen-bond acceptors (Lipinski definition) is 2. The van der Waals surface area contributed by atoms with Gasteiger partial charge in [0.25, 0.3) is 0 Å². The highest BCUT2D eigenvalue weighted by Gasteiger charge is 2.13. The van der Waals surface area contributed by atoms with Crippen molar-refractivity contribution in [3.8, 4) is 0 Å². The minimum Gasteiger partial charge on any atom is -0.387 e. The van der Waals surface area contributed by atoms with Crippen LogP contribution in [0.3, 0.4) is 0 Å². The van der Waals surface area contributed by atoms with Gasteiger partial charge in [0, 0.05) is 12.6 Å². The topological polar surface area (TPSA) is 32.3 Å². The van der Waals surface area contributed by atoms with Crippen molar-refractivity contribution in [2.75, 3.05) is 6.54 Å². The molecular formula is C16H26ClNO. The number of aryl methyl sites for hydroxylation is 2. The molecule has 19 heavy (non-hydrogen) atoms. The number of halogens is 1. The Labute approximate surface area is 123 Å². The average molecular weight is 284 g/mol. The summed E-state index contributed by atoms with van der Waals surface area (Å²) in [5, 5.41) is 13.6. The van der Waals surface area contributed by atoms with Crippen LogP contribution in [0.2, 0.25) is 0 Å². The van der Waals surface area contributed by atoms with Crippen LogP contribution in [0.25, 0.3) is 0 Å². The Kier molecular flexibility index (Phi) is 6.84. The number of hydrogen-bond donors (Lipinski definition) is 2. The Hall–Kier alpha value is -0.570. The molecule has 0 heterocycles. The second kappa shape index (κ2) is 7.88. The van der Waals surface area contributed by atoms with Gasteiger partial charge in [0.2, 0.25) is 0 Å². The lowest BCUT2D eigenvalue weighted by Crippen LogP contribution is -2.29. The summed E-state index contributed by atoms with van der Waals surface area (Å²) >= 11 is 0. The first-order valence-corrected chi connectivity index (χ1v) is 7.24. The van der Waals surface area contributed by atoms with E-state index in [1.807, 2.05) is 0 Å². The summed E-state index contributed by atoms with van der Waals surface area (Å²) in [5.41, 5.74) is 3.99. The van der Waals surface area contributed by atoms with E-state index in [4.69, 9.17) is 0 Å². The van der Waals surface area contributed by atoms with Crippen LogP contribution >= 0.6 is 12.4 Å². The Morgan fingerprint density at radius 3 is 2.58 bits per heavy atom. The van der Waals surface area contributed by atoms with Gasteiger partial charge < -0.3 is 10.4 Å².